The summed E-state index contributed by atoms with van der Waals surface area (Å²) in [6, 6.07) is 22.5. The highest BCUT2D eigenvalue weighted by molar-refractivity contribution is 5.16. The van der Waals surface area contributed by atoms with Gasteiger partial charge in [0.25, 0.3) is 0 Å². The summed E-state index contributed by atoms with van der Waals surface area (Å²) in [5.74, 6) is 0. The Balaban J connectivity index is 1.68. The molecule has 0 N–H and O–H groups in total. The van der Waals surface area contributed by atoms with E-state index >= 15 is 0 Å². The summed E-state index contributed by atoms with van der Waals surface area (Å²) in [6.07, 6.45) is 0. The molecular formula is C21H28N2O. The Bertz CT molecular complexity index is 602. The minimum absolute atomic E-state index is 0.433. The highest BCUT2D eigenvalue weighted by atomic mass is 16.5. The van der Waals surface area contributed by atoms with Crippen LogP contribution >= 0.6 is 0 Å². The second kappa shape index (κ2) is 8.43. The second-order valence-corrected chi connectivity index (χ2v) is 6.80. The van der Waals surface area contributed by atoms with E-state index in [0.717, 1.165) is 32.8 Å². The van der Waals surface area contributed by atoms with Gasteiger partial charge in [-0.2, -0.15) is 0 Å². The monoisotopic (exact) mass is 324 g/mol. The van der Waals surface area contributed by atoms with E-state index in [1.165, 1.54) is 11.1 Å². The van der Waals surface area contributed by atoms with Crippen LogP contribution in [0.25, 0.3) is 0 Å². The molecular weight excluding hydrogens is 296 g/mol. The third-order valence-electron chi connectivity index (χ3n) is 4.84. The lowest BCUT2D eigenvalue weighted by molar-refractivity contribution is -0.0142. The molecule has 1 aliphatic heterocycles. The van der Waals surface area contributed by atoms with Crippen LogP contribution in [-0.2, 0) is 17.8 Å². The average Bonchev–Trinajstić information content (AvgIpc) is 2.60. The highest BCUT2D eigenvalue weighted by Gasteiger charge is 2.31. The van der Waals surface area contributed by atoms with E-state index in [4.69, 9.17) is 4.74 Å². The lowest BCUT2D eigenvalue weighted by Gasteiger charge is -2.45. The molecule has 128 valence electrons. The zero-order valence-electron chi connectivity index (χ0n) is 14.8. The van der Waals surface area contributed by atoms with Crippen LogP contribution in [0.3, 0.4) is 0 Å². The summed E-state index contributed by atoms with van der Waals surface area (Å²) >= 11 is 0. The molecule has 3 nitrogen and oxygen atoms in total. The first kappa shape index (κ1) is 17.2. The molecule has 1 unspecified atom stereocenters. The lowest BCUT2D eigenvalue weighted by Crippen LogP contribution is -2.58. The smallest absolute Gasteiger partial charge is 0.0630 e. The molecule has 0 aliphatic carbocycles. The first-order valence-electron chi connectivity index (χ1n) is 8.81. The molecule has 1 heterocycles. The predicted molar refractivity (Wildman–Crippen MR) is 98.8 cm³/mol. The molecule has 0 bridgehead atoms. The molecule has 0 aromatic heterocycles. The maximum absolute atomic E-state index is 5.53. The summed E-state index contributed by atoms with van der Waals surface area (Å²) in [5, 5.41) is 0. The standard InChI is InChI=1S/C21H28N2O/c1-18-13-22(14-19-9-5-3-6-10-19)16-21(17-24-2)23(18)15-20-11-7-4-8-12-20/h3-12,18,21H,13-17H2,1-2H3/t18?,21-/m0/s1. The van der Waals surface area contributed by atoms with Crippen molar-refractivity contribution < 1.29 is 4.74 Å². The van der Waals surface area contributed by atoms with Crippen molar-refractivity contribution in [2.24, 2.45) is 0 Å². The number of ether oxygens (including phenoxy) is 1. The van der Waals surface area contributed by atoms with Crippen molar-refractivity contribution in [2.45, 2.75) is 32.1 Å². The Morgan fingerprint density at radius 3 is 2.04 bits per heavy atom. The fourth-order valence-corrected chi connectivity index (χ4v) is 3.71. The van der Waals surface area contributed by atoms with Gasteiger partial charge in [-0.1, -0.05) is 60.7 Å². The van der Waals surface area contributed by atoms with Crippen LogP contribution in [0.4, 0.5) is 0 Å². The topological polar surface area (TPSA) is 15.7 Å². The van der Waals surface area contributed by atoms with Crippen molar-refractivity contribution >= 4 is 0 Å². The fraction of sp³-hybridized carbons (Fsp3) is 0.429. The molecule has 0 spiro atoms. The minimum Gasteiger partial charge on any atom is -0.383 e. The molecule has 2 atom stereocenters. The van der Waals surface area contributed by atoms with E-state index in [-0.39, 0.29) is 0 Å². The van der Waals surface area contributed by atoms with Gasteiger partial charge in [-0.15, -0.1) is 0 Å². The fourth-order valence-electron chi connectivity index (χ4n) is 3.71. The molecule has 1 saturated heterocycles. The van der Waals surface area contributed by atoms with Crippen molar-refractivity contribution in [3.63, 3.8) is 0 Å². The van der Waals surface area contributed by atoms with Crippen molar-refractivity contribution in [3.05, 3.63) is 71.8 Å². The molecule has 0 saturated carbocycles. The minimum atomic E-state index is 0.433. The second-order valence-electron chi connectivity index (χ2n) is 6.80. The van der Waals surface area contributed by atoms with Gasteiger partial charge in [-0.25, -0.2) is 0 Å². The summed E-state index contributed by atoms with van der Waals surface area (Å²) in [6.45, 7) is 7.28. The maximum atomic E-state index is 5.53. The van der Waals surface area contributed by atoms with Gasteiger partial charge in [0.05, 0.1) is 6.61 Å². The number of hydrogen-bond donors (Lipinski definition) is 0. The number of methoxy groups -OCH3 is 1. The Morgan fingerprint density at radius 2 is 1.46 bits per heavy atom. The van der Waals surface area contributed by atoms with Gasteiger partial charge in [0.1, 0.15) is 0 Å². The molecule has 3 rings (SSSR count). The van der Waals surface area contributed by atoms with Crippen LogP contribution in [0.1, 0.15) is 18.1 Å². The van der Waals surface area contributed by atoms with E-state index in [0.29, 0.717) is 12.1 Å². The number of hydrogen-bond acceptors (Lipinski definition) is 3. The summed E-state index contributed by atoms with van der Waals surface area (Å²) < 4.78 is 5.53. The average molecular weight is 324 g/mol. The molecule has 1 aliphatic rings. The van der Waals surface area contributed by atoms with Crippen LogP contribution in [0.2, 0.25) is 0 Å². The highest BCUT2D eigenvalue weighted by Crippen LogP contribution is 2.21. The number of rotatable bonds is 6. The SMILES string of the molecule is COC[C@@H]1CN(Cc2ccccc2)CC(C)N1Cc1ccccc1. The van der Waals surface area contributed by atoms with Crippen molar-refractivity contribution in [1.29, 1.82) is 0 Å². The summed E-state index contributed by atoms with van der Waals surface area (Å²) in [5.41, 5.74) is 2.76. The van der Waals surface area contributed by atoms with E-state index in [9.17, 15) is 0 Å². The van der Waals surface area contributed by atoms with Gasteiger partial charge >= 0.3 is 0 Å². The number of benzene rings is 2. The van der Waals surface area contributed by atoms with Gasteiger partial charge in [0.15, 0.2) is 0 Å². The van der Waals surface area contributed by atoms with Gasteiger partial charge in [0, 0.05) is 45.4 Å². The number of piperazine rings is 1. The van der Waals surface area contributed by atoms with Crippen molar-refractivity contribution in [2.75, 3.05) is 26.8 Å². The molecule has 0 radical (unpaired) electrons. The Hall–Kier alpha value is -1.68. The Morgan fingerprint density at radius 1 is 0.875 bits per heavy atom. The van der Waals surface area contributed by atoms with E-state index in [1.54, 1.807) is 0 Å². The zero-order valence-corrected chi connectivity index (χ0v) is 14.8. The van der Waals surface area contributed by atoms with Crippen LogP contribution in [0.5, 0.6) is 0 Å². The van der Waals surface area contributed by atoms with Crippen LogP contribution in [0, 0.1) is 0 Å². The first-order valence-corrected chi connectivity index (χ1v) is 8.81. The maximum Gasteiger partial charge on any atom is 0.0630 e. The predicted octanol–water partition coefficient (Wildman–Crippen LogP) is 3.41. The molecule has 3 heteroatoms. The van der Waals surface area contributed by atoms with Gasteiger partial charge in [-0.3, -0.25) is 9.80 Å². The van der Waals surface area contributed by atoms with Gasteiger partial charge < -0.3 is 4.74 Å². The van der Waals surface area contributed by atoms with Gasteiger partial charge in [-0.05, 0) is 18.1 Å². The van der Waals surface area contributed by atoms with Gasteiger partial charge in [0.2, 0.25) is 0 Å². The largest absolute Gasteiger partial charge is 0.383 e. The van der Waals surface area contributed by atoms with E-state index < -0.39 is 0 Å². The van der Waals surface area contributed by atoms with Crippen molar-refractivity contribution in [3.8, 4) is 0 Å². The summed E-state index contributed by atoms with van der Waals surface area (Å²) in [4.78, 5) is 5.16. The quantitative estimate of drug-likeness (QED) is 0.810. The number of nitrogens with zero attached hydrogens (tertiary/aromatic N) is 2. The molecule has 1 fully saturated rings. The Labute approximate surface area is 145 Å². The van der Waals surface area contributed by atoms with Crippen LogP contribution in [0.15, 0.2) is 60.7 Å². The molecule has 0 amide bonds. The Kier molecular flexibility index (Phi) is 6.02. The van der Waals surface area contributed by atoms with Crippen LogP contribution in [-0.4, -0.2) is 48.7 Å². The molecule has 2 aromatic carbocycles. The van der Waals surface area contributed by atoms with Crippen molar-refractivity contribution in [1.82, 2.24) is 9.80 Å². The zero-order chi connectivity index (χ0) is 16.8. The summed E-state index contributed by atoms with van der Waals surface area (Å²) in [7, 11) is 1.81. The normalized spacial score (nSPS) is 22.6. The van der Waals surface area contributed by atoms with Crippen LogP contribution < -0.4 is 0 Å². The van der Waals surface area contributed by atoms with E-state index in [2.05, 4.69) is 77.4 Å². The molecule has 2 aromatic rings. The van der Waals surface area contributed by atoms with E-state index in [1.807, 2.05) is 7.11 Å². The molecule has 24 heavy (non-hydrogen) atoms. The lowest BCUT2D eigenvalue weighted by atomic mass is 10.0. The third-order valence-corrected chi connectivity index (χ3v) is 4.84. The third kappa shape index (κ3) is 4.44. The first-order chi connectivity index (χ1) is 11.8.